The average Bonchev–Trinajstić information content (AvgIpc) is 2.48. The first kappa shape index (κ1) is 16.3. The molecule has 2 nitrogen and oxygen atoms in total. The third kappa shape index (κ3) is 5.00. The molecule has 0 fully saturated rings. The van der Waals surface area contributed by atoms with Crippen molar-refractivity contribution < 1.29 is 9.13 Å². The van der Waals surface area contributed by atoms with E-state index in [9.17, 15) is 4.39 Å². The van der Waals surface area contributed by atoms with Crippen LogP contribution in [0.5, 0.6) is 0 Å². The Labute approximate surface area is 133 Å². The Balaban J connectivity index is 2.13. The molecule has 112 valence electrons. The third-order valence-electron chi connectivity index (χ3n) is 2.88. The van der Waals surface area contributed by atoms with Gasteiger partial charge in [0.25, 0.3) is 0 Å². The van der Waals surface area contributed by atoms with E-state index < -0.39 is 0 Å². The van der Waals surface area contributed by atoms with E-state index in [1.165, 1.54) is 17.8 Å². The molecular formula is C16H17ClFNOS. The highest BCUT2D eigenvalue weighted by molar-refractivity contribution is 7.99. The van der Waals surface area contributed by atoms with E-state index in [0.29, 0.717) is 23.1 Å². The van der Waals surface area contributed by atoms with Crippen LogP contribution in [0, 0.1) is 5.82 Å². The third-order valence-corrected chi connectivity index (χ3v) is 4.27. The minimum Gasteiger partial charge on any atom is -0.383 e. The predicted octanol–water partition coefficient (Wildman–Crippen LogP) is 4.37. The fraction of sp³-hybridized carbons (Fsp3) is 0.250. The second-order valence-corrected chi connectivity index (χ2v) is 5.97. The Bertz CT molecular complexity index is 594. The number of hydrogen-bond acceptors (Lipinski definition) is 3. The molecule has 0 atom stereocenters. The lowest BCUT2D eigenvalue weighted by atomic mass is 10.2. The highest BCUT2D eigenvalue weighted by Gasteiger charge is 2.08. The van der Waals surface area contributed by atoms with E-state index >= 15 is 0 Å². The van der Waals surface area contributed by atoms with Crippen LogP contribution in [-0.2, 0) is 11.3 Å². The van der Waals surface area contributed by atoms with Crippen molar-refractivity contribution in [2.45, 2.75) is 16.3 Å². The van der Waals surface area contributed by atoms with Gasteiger partial charge in [-0.05, 0) is 29.8 Å². The molecule has 0 aliphatic carbocycles. The molecule has 2 rings (SSSR count). The SMILES string of the molecule is COCCNCc1ccc(Cl)cc1Sc1ccccc1F. The molecule has 0 aliphatic rings. The molecule has 0 saturated heterocycles. The van der Waals surface area contributed by atoms with E-state index in [0.717, 1.165) is 17.0 Å². The molecule has 0 spiro atoms. The minimum absolute atomic E-state index is 0.222. The summed E-state index contributed by atoms with van der Waals surface area (Å²) in [7, 11) is 1.67. The first-order valence-electron chi connectivity index (χ1n) is 6.61. The minimum atomic E-state index is -0.222. The van der Waals surface area contributed by atoms with E-state index in [1.54, 1.807) is 19.2 Å². The number of ether oxygens (including phenoxy) is 1. The smallest absolute Gasteiger partial charge is 0.137 e. The van der Waals surface area contributed by atoms with Gasteiger partial charge < -0.3 is 10.1 Å². The molecule has 0 aliphatic heterocycles. The molecule has 0 amide bonds. The molecule has 0 saturated carbocycles. The number of benzene rings is 2. The van der Waals surface area contributed by atoms with E-state index in [-0.39, 0.29) is 5.82 Å². The van der Waals surface area contributed by atoms with Crippen molar-refractivity contribution in [3.63, 3.8) is 0 Å². The number of methoxy groups -OCH3 is 1. The van der Waals surface area contributed by atoms with Gasteiger partial charge in [0, 0.05) is 35.0 Å². The summed E-state index contributed by atoms with van der Waals surface area (Å²) >= 11 is 7.45. The summed E-state index contributed by atoms with van der Waals surface area (Å²) in [5.41, 5.74) is 1.09. The fourth-order valence-corrected chi connectivity index (χ4v) is 3.06. The van der Waals surface area contributed by atoms with Crippen molar-refractivity contribution in [2.75, 3.05) is 20.3 Å². The van der Waals surface area contributed by atoms with Crippen molar-refractivity contribution in [1.29, 1.82) is 0 Å². The average molecular weight is 326 g/mol. The number of halogens is 2. The lowest BCUT2D eigenvalue weighted by Gasteiger charge is -2.11. The highest BCUT2D eigenvalue weighted by atomic mass is 35.5. The van der Waals surface area contributed by atoms with Gasteiger partial charge in [-0.1, -0.05) is 41.6 Å². The molecule has 0 aromatic heterocycles. The van der Waals surface area contributed by atoms with Gasteiger partial charge in [0.2, 0.25) is 0 Å². The molecule has 2 aromatic carbocycles. The molecule has 1 N–H and O–H groups in total. The first-order valence-corrected chi connectivity index (χ1v) is 7.80. The Morgan fingerprint density at radius 3 is 2.76 bits per heavy atom. The zero-order valence-corrected chi connectivity index (χ0v) is 13.3. The maximum Gasteiger partial charge on any atom is 0.137 e. The van der Waals surface area contributed by atoms with Crippen LogP contribution in [0.25, 0.3) is 0 Å². The molecule has 0 unspecified atom stereocenters. The molecule has 21 heavy (non-hydrogen) atoms. The quantitative estimate of drug-likeness (QED) is 0.764. The van der Waals surface area contributed by atoms with Crippen molar-refractivity contribution in [3.8, 4) is 0 Å². The maximum atomic E-state index is 13.8. The summed E-state index contributed by atoms with van der Waals surface area (Å²) in [6.07, 6.45) is 0. The van der Waals surface area contributed by atoms with Gasteiger partial charge in [0.1, 0.15) is 5.82 Å². The van der Waals surface area contributed by atoms with Gasteiger partial charge >= 0.3 is 0 Å². The second-order valence-electron chi connectivity index (χ2n) is 4.45. The topological polar surface area (TPSA) is 21.3 Å². The largest absolute Gasteiger partial charge is 0.383 e. The monoisotopic (exact) mass is 325 g/mol. The van der Waals surface area contributed by atoms with Crippen LogP contribution in [0.2, 0.25) is 5.02 Å². The number of hydrogen-bond donors (Lipinski definition) is 1. The van der Waals surface area contributed by atoms with Gasteiger partial charge in [0.05, 0.1) is 6.61 Å². The summed E-state index contributed by atoms with van der Waals surface area (Å²) in [6, 6.07) is 12.4. The zero-order valence-electron chi connectivity index (χ0n) is 11.7. The molecule has 0 bridgehead atoms. The van der Waals surface area contributed by atoms with E-state index in [1.807, 2.05) is 24.3 Å². The van der Waals surface area contributed by atoms with Crippen LogP contribution in [0.15, 0.2) is 52.3 Å². The maximum absolute atomic E-state index is 13.8. The molecular weight excluding hydrogens is 309 g/mol. The van der Waals surface area contributed by atoms with Gasteiger partial charge in [-0.15, -0.1) is 0 Å². The Morgan fingerprint density at radius 1 is 1.19 bits per heavy atom. The van der Waals surface area contributed by atoms with Crippen LogP contribution in [-0.4, -0.2) is 20.3 Å². The first-order chi connectivity index (χ1) is 10.2. The Kier molecular flexibility index (Phi) is 6.51. The summed E-state index contributed by atoms with van der Waals surface area (Å²) in [5, 5.41) is 3.94. The van der Waals surface area contributed by atoms with Crippen LogP contribution in [0.3, 0.4) is 0 Å². The fourth-order valence-electron chi connectivity index (χ4n) is 1.81. The molecule has 0 radical (unpaired) electrons. The van der Waals surface area contributed by atoms with E-state index in [4.69, 9.17) is 16.3 Å². The molecule has 0 heterocycles. The van der Waals surface area contributed by atoms with Crippen molar-refractivity contribution in [3.05, 3.63) is 58.9 Å². The van der Waals surface area contributed by atoms with Crippen molar-refractivity contribution in [1.82, 2.24) is 5.32 Å². The molecule has 2 aromatic rings. The standard InChI is InChI=1S/C16H17ClFNOS/c1-20-9-8-19-11-12-6-7-13(17)10-16(12)21-15-5-3-2-4-14(15)18/h2-7,10,19H,8-9,11H2,1H3. The number of nitrogens with one attached hydrogen (secondary N) is 1. The zero-order chi connectivity index (χ0) is 15.1. The van der Waals surface area contributed by atoms with Gasteiger partial charge in [-0.2, -0.15) is 0 Å². The van der Waals surface area contributed by atoms with Gasteiger partial charge in [-0.25, -0.2) is 4.39 Å². The van der Waals surface area contributed by atoms with Crippen LogP contribution < -0.4 is 5.32 Å². The van der Waals surface area contributed by atoms with Crippen LogP contribution >= 0.6 is 23.4 Å². The van der Waals surface area contributed by atoms with Crippen molar-refractivity contribution >= 4 is 23.4 Å². The highest BCUT2D eigenvalue weighted by Crippen LogP contribution is 2.33. The summed E-state index contributed by atoms with van der Waals surface area (Å²) in [4.78, 5) is 1.55. The van der Waals surface area contributed by atoms with Gasteiger partial charge in [0.15, 0.2) is 0 Å². The summed E-state index contributed by atoms with van der Waals surface area (Å²) < 4.78 is 18.8. The molecule has 5 heteroatoms. The number of rotatable bonds is 7. The van der Waals surface area contributed by atoms with E-state index in [2.05, 4.69) is 5.32 Å². The lowest BCUT2D eigenvalue weighted by molar-refractivity contribution is 0.199. The van der Waals surface area contributed by atoms with Crippen LogP contribution in [0.1, 0.15) is 5.56 Å². The Hall–Kier alpha value is -1.07. The summed E-state index contributed by atoms with van der Waals surface area (Å²) in [5.74, 6) is -0.222. The van der Waals surface area contributed by atoms with Crippen LogP contribution in [0.4, 0.5) is 4.39 Å². The Morgan fingerprint density at radius 2 is 2.00 bits per heavy atom. The van der Waals surface area contributed by atoms with Gasteiger partial charge in [-0.3, -0.25) is 0 Å². The predicted molar refractivity (Wildman–Crippen MR) is 85.6 cm³/mol. The normalized spacial score (nSPS) is 10.8. The lowest BCUT2D eigenvalue weighted by Crippen LogP contribution is -2.18. The summed E-state index contributed by atoms with van der Waals surface area (Å²) in [6.45, 7) is 2.11. The van der Waals surface area contributed by atoms with Crippen molar-refractivity contribution in [2.24, 2.45) is 0 Å². The second kappa shape index (κ2) is 8.39.